The van der Waals surface area contributed by atoms with E-state index in [0.717, 1.165) is 32.5 Å². The summed E-state index contributed by atoms with van der Waals surface area (Å²) >= 11 is 0. The fourth-order valence-corrected chi connectivity index (χ4v) is 3.22. The standard InChI is InChI=1S/C15H28N2O2/c1-15(2,3)19-14(18)17-11-5-4-6-13(17)12-7-9-16-10-8-12/h12-13,16H,4-11H2,1-3H3. The number of amides is 1. The predicted octanol–water partition coefficient (Wildman–Crippen LogP) is 2.78. The Hall–Kier alpha value is -0.770. The van der Waals surface area contributed by atoms with Crippen LogP contribution < -0.4 is 5.32 Å². The molecule has 1 atom stereocenters. The molecule has 2 aliphatic rings. The van der Waals surface area contributed by atoms with Gasteiger partial charge in [-0.15, -0.1) is 0 Å². The van der Waals surface area contributed by atoms with Gasteiger partial charge in [0.25, 0.3) is 0 Å². The second-order valence-electron chi connectivity index (χ2n) is 6.82. The number of nitrogens with one attached hydrogen (secondary N) is 1. The van der Waals surface area contributed by atoms with Crippen molar-refractivity contribution in [3.63, 3.8) is 0 Å². The Labute approximate surface area is 116 Å². The maximum atomic E-state index is 12.4. The van der Waals surface area contributed by atoms with Crippen molar-refractivity contribution in [2.75, 3.05) is 19.6 Å². The van der Waals surface area contributed by atoms with Crippen LogP contribution in [0.2, 0.25) is 0 Å². The fourth-order valence-electron chi connectivity index (χ4n) is 3.22. The summed E-state index contributed by atoms with van der Waals surface area (Å²) in [4.78, 5) is 14.4. The Kier molecular flexibility index (Phi) is 4.71. The summed E-state index contributed by atoms with van der Waals surface area (Å²) in [5.41, 5.74) is -0.396. The summed E-state index contributed by atoms with van der Waals surface area (Å²) in [6.45, 7) is 8.85. The minimum Gasteiger partial charge on any atom is -0.444 e. The molecule has 0 aliphatic carbocycles. The first kappa shape index (κ1) is 14.6. The number of likely N-dealkylation sites (tertiary alicyclic amines) is 1. The molecule has 1 amide bonds. The van der Waals surface area contributed by atoms with Crippen LogP contribution in [0.15, 0.2) is 0 Å². The zero-order chi connectivity index (χ0) is 13.9. The third kappa shape index (κ3) is 4.10. The molecule has 4 heteroatoms. The second kappa shape index (κ2) is 6.12. The van der Waals surface area contributed by atoms with Crippen molar-refractivity contribution >= 4 is 6.09 Å². The summed E-state index contributed by atoms with van der Waals surface area (Å²) in [6, 6.07) is 0.394. The van der Waals surface area contributed by atoms with Crippen LogP contribution in [0.4, 0.5) is 4.79 Å². The molecule has 0 bridgehead atoms. The van der Waals surface area contributed by atoms with Crippen molar-refractivity contribution < 1.29 is 9.53 Å². The lowest BCUT2D eigenvalue weighted by atomic mass is 9.84. The smallest absolute Gasteiger partial charge is 0.410 e. The van der Waals surface area contributed by atoms with Crippen LogP contribution in [0.3, 0.4) is 0 Å². The molecule has 2 rings (SSSR count). The highest BCUT2D eigenvalue weighted by Crippen LogP contribution is 2.29. The van der Waals surface area contributed by atoms with E-state index in [4.69, 9.17) is 4.74 Å². The van der Waals surface area contributed by atoms with E-state index < -0.39 is 5.60 Å². The molecule has 1 unspecified atom stereocenters. The first-order valence-corrected chi connectivity index (χ1v) is 7.68. The maximum absolute atomic E-state index is 12.4. The summed E-state index contributed by atoms with van der Waals surface area (Å²) in [5.74, 6) is 0.647. The molecule has 2 aliphatic heterocycles. The van der Waals surface area contributed by atoms with Crippen LogP contribution in [-0.2, 0) is 4.74 Å². The number of hydrogen-bond acceptors (Lipinski definition) is 3. The molecular formula is C15H28N2O2. The van der Waals surface area contributed by atoms with E-state index in [9.17, 15) is 4.79 Å². The SMILES string of the molecule is CC(C)(C)OC(=O)N1CCCCC1C1CCNCC1. The van der Waals surface area contributed by atoms with E-state index in [1.165, 1.54) is 19.3 Å². The molecule has 1 N–H and O–H groups in total. The summed E-state index contributed by atoms with van der Waals surface area (Å²) in [5, 5.41) is 3.40. The highest BCUT2D eigenvalue weighted by atomic mass is 16.6. The highest BCUT2D eigenvalue weighted by Gasteiger charge is 2.35. The molecule has 0 aromatic rings. The quantitative estimate of drug-likeness (QED) is 0.795. The van der Waals surface area contributed by atoms with Gasteiger partial charge in [-0.2, -0.15) is 0 Å². The van der Waals surface area contributed by atoms with Gasteiger partial charge in [0, 0.05) is 12.6 Å². The average molecular weight is 268 g/mol. The molecule has 2 fully saturated rings. The van der Waals surface area contributed by atoms with Crippen LogP contribution in [0.1, 0.15) is 52.9 Å². The van der Waals surface area contributed by atoms with Gasteiger partial charge >= 0.3 is 6.09 Å². The zero-order valence-corrected chi connectivity index (χ0v) is 12.6. The van der Waals surface area contributed by atoms with Gasteiger partial charge < -0.3 is 15.0 Å². The van der Waals surface area contributed by atoms with Gasteiger partial charge in [0.2, 0.25) is 0 Å². The van der Waals surface area contributed by atoms with E-state index in [2.05, 4.69) is 5.32 Å². The van der Waals surface area contributed by atoms with Crippen LogP contribution in [-0.4, -0.2) is 42.3 Å². The molecule has 4 nitrogen and oxygen atoms in total. The van der Waals surface area contributed by atoms with Gasteiger partial charge in [-0.25, -0.2) is 4.79 Å². The van der Waals surface area contributed by atoms with Crippen molar-refractivity contribution in [1.82, 2.24) is 10.2 Å². The van der Waals surface area contributed by atoms with Crippen molar-refractivity contribution in [3.05, 3.63) is 0 Å². The van der Waals surface area contributed by atoms with E-state index in [1.54, 1.807) is 0 Å². The van der Waals surface area contributed by atoms with E-state index in [-0.39, 0.29) is 6.09 Å². The van der Waals surface area contributed by atoms with Gasteiger partial charge in [0.05, 0.1) is 0 Å². The number of carbonyl (C=O) groups excluding carboxylic acids is 1. The van der Waals surface area contributed by atoms with E-state index in [0.29, 0.717) is 12.0 Å². The third-order valence-electron chi connectivity index (χ3n) is 4.11. The lowest BCUT2D eigenvalue weighted by Gasteiger charge is -2.42. The lowest BCUT2D eigenvalue weighted by Crippen LogP contribution is -2.51. The van der Waals surface area contributed by atoms with Gasteiger partial charge in [0.1, 0.15) is 5.60 Å². The number of hydrogen-bond donors (Lipinski definition) is 1. The average Bonchev–Trinajstić information content (AvgIpc) is 2.38. The molecule has 0 radical (unpaired) electrons. The normalized spacial score (nSPS) is 26.3. The predicted molar refractivity (Wildman–Crippen MR) is 76.2 cm³/mol. The number of carbonyl (C=O) groups is 1. The van der Waals surface area contributed by atoms with Crippen molar-refractivity contribution in [2.45, 2.75) is 64.5 Å². The Balaban J connectivity index is 2.00. The maximum Gasteiger partial charge on any atom is 0.410 e. The topological polar surface area (TPSA) is 41.6 Å². The molecule has 0 aromatic heterocycles. The Morgan fingerprint density at radius 2 is 1.84 bits per heavy atom. The number of piperidine rings is 2. The summed E-state index contributed by atoms with van der Waals surface area (Å²) in [7, 11) is 0. The van der Waals surface area contributed by atoms with Crippen LogP contribution in [0.5, 0.6) is 0 Å². The third-order valence-corrected chi connectivity index (χ3v) is 4.11. The number of rotatable bonds is 1. The number of nitrogens with zero attached hydrogens (tertiary/aromatic N) is 1. The van der Waals surface area contributed by atoms with E-state index >= 15 is 0 Å². The van der Waals surface area contributed by atoms with Crippen molar-refractivity contribution in [3.8, 4) is 0 Å². The summed E-state index contributed by atoms with van der Waals surface area (Å²) < 4.78 is 5.57. The van der Waals surface area contributed by atoms with Gasteiger partial charge in [-0.05, 0) is 71.9 Å². The molecular weight excluding hydrogens is 240 g/mol. The van der Waals surface area contributed by atoms with Gasteiger partial charge in [-0.1, -0.05) is 0 Å². The minimum absolute atomic E-state index is 0.115. The van der Waals surface area contributed by atoms with Gasteiger partial charge in [-0.3, -0.25) is 0 Å². The van der Waals surface area contributed by atoms with Crippen LogP contribution >= 0.6 is 0 Å². The molecule has 2 heterocycles. The first-order chi connectivity index (χ1) is 8.97. The summed E-state index contributed by atoms with van der Waals surface area (Å²) in [6.07, 6.45) is 5.75. The van der Waals surface area contributed by atoms with Crippen LogP contribution in [0.25, 0.3) is 0 Å². The Bertz CT molecular complexity index is 306. The van der Waals surface area contributed by atoms with Crippen LogP contribution in [0, 0.1) is 5.92 Å². The first-order valence-electron chi connectivity index (χ1n) is 7.68. The Morgan fingerprint density at radius 3 is 2.47 bits per heavy atom. The minimum atomic E-state index is -0.396. The fraction of sp³-hybridized carbons (Fsp3) is 0.933. The van der Waals surface area contributed by atoms with Gasteiger partial charge in [0.15, 0.2) is 0 Å². The number of ether oxygens (including phenoxy) is 1. The highest BCUT2D eigenvalue weighted by molar-refractivity contribution is 5.68. The monoisotopic (exact) mass is 268 g/mol. The largest absolute Gasteiger partial charge is 0.444 e. The molecule has 0 spiro atoms. The molecule has 19 heavy (non-hydrogen) atoms. The molecule has 0 aromatic carbocycles. The Morgan fingerprint density at radius 1 is 1.16 bits per heavy atom. The zero-order valence-electron chi connectivity index (χ0n) is 12.6. The lowest BCUT2D eigenvalue weighted by molar-refractivity contribution is -0.00103. The second-order valence-corrected chi connectivity index (χ2v) is 6.82. The van der Waals surface area contributed by atoms with Crippen molar-refractivity contribution in [1.29, 1.82) is 0 Å². The molecule has 110 valence electrons. The molecule has 2 saturated heterocycles. The van der Waals surface area contributed by atoms with E-state index in [1.807, 2.05) is 25.7 Å². The van der Waals surface area contributed by atoms with Crippen molar-refractivity contribution in [2.24, 2.45) is 5.92 Å². The molecule has 0 saturated carbocycles.